The molecule has 2 aliphatic rings. The van der Waals surface area contributed by atoms with Gasteiger partial charge in [0.25, 0.3) is 5.91 Å². The van der Waals surface area contributed by atoms with E-state index in [1.54, 1.807) is 11.6 Å². The molecule has 30 heavy (non-hydrogen) atoms. The van der Waals surface area contributed by atoms with Gasteiger partial charge < -0.3 is 10.4 Å². The van der Waals surface area contributed by atoms with Crippen molar-refractivity contribution in [2.45, 2.75) is 24.8 Å². The van der Waals surface area contributed by atoms with Crippen molar-refractivity contribution in [2.75, 3.05) is 5.75 Å². The molecule has 0 aliphatic carbocycles. The lowest BCUT2D eigenvalue weighted by Gasteiger charge is -2.49. The minimum Gasteiger partial charge on any atom is -0.477 e. The van der Waals surface area contributed by atoms with Crippen LogP contribution in [0.5, 0.6) is 0 Å². The summed E-state index contributed by atoms with van der Waals surface area (Å²) in [7, 11) is 0. The Labute approximate surface area is 181 Å². The maximum Gasteiger partial charge on any atom is 0.352 e. The van der Waals surface area contributed by atoms with E-state index in [0.717, 1.165) is 16.1 Å². The Bertz CT molecular complexity index is 1060. The maximum absolute atomic E-state index is 12.7. The van der Waals surface area contributed by atoms with Gasteiger partial charge in [0.15, 0.2) is 0 Å². The molecule has 2 N–H and O–H groups in total. The number of rotatable bonds is 6. The monoisotopic (exact) mass is 441 g/mol. The van der Waals surface area contributed by atoms with Gasteiger partial charge in [-0.3, -0.25) is 14.5 Å². The standard InChI is InChI=1S/C21H19N3O4S2/c1-12-15(30-11-22-12)8-7-14-10-29-20-17(19(26)24(20)18(14)21(27)28)23-16(25)9-13-5-3-2-4-6-13/h2-8,11,17,20H,9-10H2,1H3,(H,23,25)(H,27,28)/b8-7+/t17?,20-/m1/s1. The molecule has 1 aromatic carbocycles. The number of benzene rings is 1. The largest absolute Gasteiger partial charge is 0.477 e. The van der Waals surface area contributed by atoms with Crippen LogP contribution in [0.1, 0.15) is 16.1 Å². The normalized spacial score (nSPS) is 20.8. The number of carbonyl (C=O) groups is 3. The highest BCUT2D eigenvalue weighted by Crippen LogP contribution is 2.40. The smallest absolute Gasteiger partial charge is 0.352 e. The first kappa shape index (κ1) is 20.4. The van der Waals surface area contributed by atoms with Gasteiger partial charge >= 0.3 is 5.97 Å². The molecule has 2 aromatic rings. The van der Waals surface area contributed by atoms with Crippen LogP contribution >= 0.6 is 23.1 Å². The molecule has 2 amide bonds. The summed E-state index contributed by atoms with van der Waals surface area (Å²) >= 11 is 2.92. The predicted molar refractivity (Wildman–Crippen MR) is 116 cm³/mol. The summed E-state index contributed by atoms with van der Waals surface area (Å²) < 4.78 is 0. The molecule has 3 heterocycles. The number of aromatic nitrogens is 1. The van der Waals surface area contributed by atoms with Crippen LogP contribution < -0.4 is 5.32 Å². The van der Waals surface area contributed by atoms with Crippen LogP contribution in [0, 0.1) is 6.92 Å². The van der Waals surface area contributed by atoms with Gasteiger partial charge in [-0.25, -0.2) is 9.78 Å². The van der Waals surface area contributed by atoms with Gasteiger partial charge in [0, 0.05) is 10.6 Å². The molecule has 1 fully saturated rings. The van der Waals surface area contributed by atoms with E-state index in [1.807, 2.05) is 43.3 Å². The van der Waals surface area contributed by atoms with E-state index in [9.17, 15) is 19.5 Å². The number of carbonyl (C=O) groups excluding carboxylic acids is 2. The lowest BCUT2D eigenvalue weighted by Crippen LogP contribution is -2.70. The fraction of sp³-hybridized carbons (Fsp3) is 0.238. The van der Waals surface area contributed by atoms with Crippen LogP contribution in [0.2, 0.25) is 0 Å². The summed E-state index contributed by atoms with van der Waals surface area (Å²) in [5, 5.41) is 12.1. The summed E-state index contributed by atoms with van der Waals surface area (Å²) in [6.45, 7) is 1.88. The second kappa shape index (κ2) is 8.45. The first-order valence-corrected chi connectivity index (χ1v) is 11.2. The Kier molecular flexibility index (Phi) is 5.74. The quantitative estimate of drug-likeness (QED) is 0.668. The number of carboxylic acid groups (broad SMARTS) is 1. The number of aryl methyl sites for hydroxylation is 1. The van der Waals surface area contributed by atoms with Crippen LogP contribution in [-0.4, -0.2) is 49.9 Å². The fourth-order valence-corrected chi connectivity index (χ4v) is 5.44. The van der Waals surface area contributed by atoms with E-state index >= 15 is 0 Å². The summed E-state index contributed by atoms with van der Waals surface area (Å²) in [5.74, 6) is -1.36. The summed E-state index contributed by atoms with van der Waals surface area (Å²) in [6, 6.07) is 8.55. The minimum absolute atomic E-state index is 0.0178. The van der Waals surface area contributed by atoms with Crippen molar-refractivity contribution in [2.24, 2.45) is 0 Å². The van der Waals surface area contributed by atoms with Crippen LogP contribution in [0.15, 0.2) is 53.2 Å². The lowest BCUT2D eigenvalue weighted by atomic mass is 10.0. The predicted octanol–water partition coefficient (Wildman–Crippen LogP) is 2.45. The van der Waals surface area contributed by atoms with Crippen LogP contribution in [0.25, 0.3) is 6.08 Å². The van der Waals surface area contributed by atoms with Crippen LogP contribution in [0.3, 0.4) is 0 Å². The second-order valence-electron chi connectivity index (χ2n) is 6.93. The molecule has 7 nitrogen and oxygen atoms in total. The molecule has 1 aromatic heterocycles. The number of thiazole rings is 1. The molecule has 9 heteroatoms. The van der Waals surface area contributed by atoms with Crippen molar-refractivity contribution in [3.8, 4) is 0 Å². The third-order valence-electron chi connectivity index (χ3n) is 4.94. The number of hydrogen-bond donors (Lipinski definition) is 2. The Morgan fingerprint density at radius 3 is 2.73 bits per heavy atom. The van der Waals surface area contributed by atoms with Crippen molar-refractivity contribution in [1.29, 1.82) is 0 Å². The number of nitrogens with one attached hydrogen (secondary N) is 1. The Hall–Kier alpha value is -2.91. The molecular formula is C21H19N3O4S2. The number of hydrogen-bond acceptors (Lipinski definition) is 6. The van der Waals surface area contributed by atoms with Gasteiger partial charge in [0.05, 0.1) is 17.6 Å². The molecule has 2 atom stereocenters. The van der Waals surface area contributed by atoms with Crippen molar-refractivity contribution in [3.05, 3.63) is 69.3 Å². The molecule has 0 bridgehead atoms. The molecule has 1 unspecified atom stereocenters. The molecule has 4 rings (SSSR count). The lowest BCUT2D eigenvalue weighted by molar-refractivity contribution is -0.150. The molecule has 2 aliphatic heterocycles. The van der Waals surface area contributed by atoms with Gasteiger partial charge in [0.2, 0.25) is 5.91 Å². The third-order valence-corrected chi connectivity index (χ3v) is 7.14. The summed E-state index contributed by atoms with van der Waals surface area (Å²) in [4.78, 5) is 43.4. The van der Waals surface area contributed by atoms with Gasteiger partial charge in [0.1, 0.15) is 17.1 Å². The molecular weight excluding hydrogens is 422 g/mol. The summed E-state index contributed by atoms with van der Waals surface area (Å²) in [5.41, 5.74) is 4.01. The van der Waals surface area contributed by atoms with Crippen molar-refractivity contribution < 1.29 is 19.5 Å². The highest BCUT2D eigenvalue weighted by atomic mass is 32.2. The number of nitrogens with zero attached hydrogens (tertiary/aromatic N) is 2. The number of allylic oxidation sites excluding steroid dienone is 1. The van der Waals surface area contributed by atoms with Crippen molar-refractivity contribution in [3.63, 3.8) is 0 Å². The SMILES string of the molecule is Cc1ncsc1/C=C/C1=C(C(=O)O)N2C(=O)C(NC(=O)Cc3ccccc3)[C@H]2SC1. The highest BCUT2D eigenvalue weighted by molar-refractivity contribution is 8.00. The van der Waals surface area contributed by atoms with Gasteiger partial charge in [-0.1, -0.05) is 36.4 Å². The number of aliphatic carboxylic acids is 1. The van der Waals surface area contributed by atoms with Gasteiger partial charge in [-0.15, -0.1) is 23.1 Å². The first-order chi connectivity index (χ1) is 14.5. The van der Waals surface area contributed by atoms with Gasteiger partial charge in [-0.2, -0.15) is 0 Å². The van der Waals surface area contributed by atoms with E-state index in [1.165, 1.54) is 28.0 Å². The highest BCUT2D eigenvalue weighted by Gasteiger charge is 2.53. The van der Waals surface area contributed by atoms with E-state index in [0.29, 0.717) is 11.3 Å². The average Bonchev–Trinajstić information content (AvgIpc) is 3.15. The zero-order chi connectivity index (χ0) is 21.3. The topological polar surface area (TPSA) is 99.6 Å². The van der Waals surface area contributed by atoms with Crippen LogP contribution in [0.4, 0.5) is 0 Å². The first-order valence-electron chi connectivity index (χ1n) is 9.28. The molecule has 154 valence electrons. The number of β-lactam (4-membered cyclic amide) rings is 1. The molecule has 1 saturated heterocycles. The van der Waals surface area contributed by atoms with E-state index < -0.39 is 23.3 Å². The number of fused-ring (bicyclic) bond motifs is 1. The van der Waals surface area contributed by atoms with Crippen molar-refractivity contribution >= 4 is 47.0 Å². The van der Waals surface area contributed by atoms with Gasteiger partial charge in [-0.05, 0) is 24.1 Å². The zero-order valence-electron chi connectivity index (χ0n) is 16.1. The second-order valence-corrected chi connectivity index (χ2v) is 8.92. The third kappa shape index (κ3) is 3.90. The van der Waals surface area contributed by atoms with Crippen LogP contribution in [-0.2, 0) is 20.8 Å². The summed E-state index contributed by atoms with van der Waals surface area (Å²) in [6.07, 6.45) is 3.74. The Balaban J connectivity index is 1.49. The van der Waals surface area contributed by atoms with E-state index in [4.69, 9.17) is 0 Å². The minimum atomic E-state index is -1.15. The Morgan fingerprint density at radius 2 is 2.07 bits per heavy atom. The molecule has 0 saturated carbocycles. The molecule has 0 spiro atoms. The Morgan fingerprint density at radius 1 is 1.30 bits per heavy atom. The maximum atomic E-state index is 12.7. The van der Waals surface area contributed by atoms with Crippen molar-refractivity contribution in [1.82, 2.24) is 15.2 Å². The van der Waals surface area contributed by atoms with E-state index in [2.05, 4.69) is 10.3 Å². The average molecular weight is 442 g/mol. The van der Waals surface area contributed by atoms with E-state index in [-0.39, 0.29) is 18.0 Å². The number of thioether (sulfide) groups is 1. The molecule has 0 radical (unpaired) electrons. The number of amides is 2. The fourth-order valence-electron chi connectivity index (χ4n) is 3.42. The zero-order valence-corrected chi connectivity index (χ0v) is 17.7. The number of carboxylic acids is 1.